The van der Waals surface area contributed by atoms with Gasteiger partial charge in [-0.15, -0.1) is 0 Å². The Hall–Kier alpha value is -3.27. The molecule has 3 amide bonds. The maximum Gasteiger partial charge on any atom is 0.391 e. The van der Waals surface area contributed by atoms with Crippen LogP contribution in [0.2, 0.25) is 5.02 Å². The quantitative estimate of drug-likeness (QED) is 0.289. The normalized spacial score (nSPS) is 19.1. The lowest BCUT2D eigenvalue weighted by molar-refractivity contribution is -0.182. The van der Waals surface area contributed by atoms with Crippen molar-refractivity contribution in [2.45, 2.75) is 78.1 Å². The highest BCUT2D eigenvalue weighted by atomic mass is 35.5. The van der Waals surface area contributed by atoms with Crippen LogP contribution in [0.15, 0.2) is 36.4 Å². The predicted molar refractivity (Wildman–Crippen MR) is 155 cm³/mol. The fourth-order valence-corrected chi connectivity index (χ4v) is 4.94. The number of anilines is 1. The van der Waals surface area contributed by atoms with E-state index in [4.69, 9.17) is 16.3 Å². The van der Waals surface area contributed by atoms with E-state index in [-0.39, 0.29) is 60.3 Å². The van der Waals surface area contributed by atoms with Gasteiger partial charge in [-0.3, -0.25) is 14.4 Å². The number of alkyl halides is 3. The van der Waals surface area contributed by atoms with Gasteiger partial charge in [0.05, 0.1) is 28.7 Å². The van der Waals surface area contributed by atoms with Crippen LogP contribution in [0.1, 0.15) is 85.6 Å². The molecule has 42 heavy (non-hydrogen) atoms. The third-order valence-electron chi connectivity index (χ3n) is 7.59. The molecule has 2 aromatic carbocycles. The second-order valence-corrected chi connectivity index (χ2v) is 12.6. The van der Waals surface area contributed by atoms with Crippen LogP contribution < -0.4 is 20.7 Å². The standard InChI is InChI=1S/C31H37ClF3N3O4/c1-30(2,3)29(41)36-16-19-6-12-25(32)23(14-19)27(39)38-22-11-13-26(42-17-18-4-5-18)24(15-22)28(40)37-21-9-7-20(8-10-21)31(33,34)35/h6,11-15,18,20-21H,4-5,7-10,16-17H2,1-3H3,(H,36,41)(H,37,40)(H,38,39)/t20-,21-. The van der Waals surface area contributed by atoms with Crippen molar-refractivity contribution in [1.82, 2.24) is 10.6 Å². The zero-order valence-electron chi connectivity index (χ0n) is 24.0. The molecule has 0 saturated heterocycles. The minimum absolute atomic E-state index is 0.0325. The summed E-state index contributed by atoms with van der Waals surface area (Å²) in [5, 5.41) is 8.69. The predicted octanol–water partition coefficient (Wildman–Crippen LogP) is 6.89. The lowest BCUT2D eigenvalue weighted by Crippen LogP contribution is -2.40. The Balaban J connectivity index is 1.46. The third kappa shape index (κ3) is 8.63. The number of halogens is 4. The second kappa shape index (κ2) is 12.9. The topological polar surface area (TPSA) is 96.5 Å². The first kappa shape index (κ1) is 31.7. The first-order chi connectivity index (χ1) is 19.7. The number of carbonyl (C=O) groups excluding carboxylic acids is 3. The van der Waals surface area contributed by atoms with Crippen molar-refractivity contribution in [3.63, 3.8) is 0 Å². The van der Waals surface area contributed by atoms with Crippen molar-refractivity contribution in [3.8, 4) is 5.75 Å². The molecule has 228 valence electrons. The van der Waals surface area contributed by atoms with Crippen LogP contribution in [0, 0.1) is 17.3 Å². The van der Waals surface area contributed by atoms with E-state index in [2.05, 4.69) is 16.0 Å². The van der Waals surface area contributed by atoms with E-state index in [9.17, 15) is 27.6 Å². The van der Waals surface area contributed by atoms with Gasteiger partial charge in [0.2, 0.25) is 5.91 Å². The molecule has 2 aliphatic rings. The monoisotopic (exact) mass is 607 g/mol. The van der Waals surface area contributed by atoms with E-state index < -0.39 is 29.3 Å². The summed E-state index contributed by atoms with van der Waals surface area (Å²) in [4.78, 5) is 38.7. The highest BCUT2D eigenvalue weighted by Crippen LogP contribution is 2.38. The van der Waals surface area contributed by atoms with E-state index >= 15 is 0 Å². The number of carbonyl (C=O) groups is 3. The Morgan fingerprint density at radius 2 is 1.60 bits per heavy atom. The van der Waals surface area contributed by atoms with Gasteiger partial charge in [0, 0.05) is 23.7 Å². The van der Waals surface area contributed by atoms with Gasteiger partial charge < -0.3 is 20.7 Å². The summed E-state index contributed by atoms with van der Waals surface area (Å²) >= 11 is 6.32. The number of hydrogen-bond donors (Lipinski definition) is 3. The number of amides is 3. The maximum absolute atomic E-state index is 13.3. The molecular weight excluding hydrogens is 571 g/mol. The molecule has 0 unspecified atom stereocenters. The lowest BCUT2D eigenvalue weighted by atomic mass is 9.85. The summed E-state index contributed by atoms with van der Waals surface area (Å²) in [6.45, 7) is 6.08. The van der Waals surface area contributed by atoms with E-state index in [1.807, 2.05) is 0 Å². The summed E-state index contributed by atoms with van der Waals surface area (Å²) in [6, 6.07) is 9.23. The maximum atomic E-state index is 13.3. The van der Waals surface area contributed by atoms with Crippen LogP contribution in [0.3, 0.4) is 0 Å². The van der Waals surface area contributed by atoms with E-state index in [1.54, 1.807) is 51.1 Å². The van der Waals surface area contributed by atoms with E-state index in [1.165, 1.54) is 6.07 Å². The molecule has 0 bridgehead atoms. The van der Waals surface area contributed by atoms with Crippen molar-refractivity contribution in [1.29, 1.82) is 0 Å². The molecule has 0 heterocycles. The summed E-state index contributed by atoms with van der Waals surface area (Å²) in [6.07, 6.45) is -1.72. The SMILES string of the molecule is CC(C)(C)C(=O)NCc1ccc(Cl)c(C(=O)Nc2ccc(OCC3CC3)c(C(=O)N[C@H]3CC[C@H](C(F)(F)F)CC3)c2)c1. The summed E-state index contributed by atoms with van der Waals surface area (Å²) in [5.41, 5.74) is 0.837. The van der Waals surface area contributed by atoms with E-state index in [0.29, 0.717) is 29.5 Å². The van der Waals surface area contributed by atoms with E-state index in [0.717, 1.165) is 12.8 Å². The van der Waals surface area contributed by atoms with Crippen molar-refractivity contribution in [3.05, 3.63) is 58.1 Å². The second-order valence-electron chi connectivity index (χ2n) is 12.2. The average Bonchev–Trinajstić information content (AvgIpc) is 3.75. The van der Waals surface area contributed by atoms with Crippen LogP contribution in [0.5, 0.6) is 5.75 Å². The molecular formula is C31H37ClF3N3O4. The molecule has 2 fully saturated rings. The summed E-state index contributed by atoms with van der Waals surface area (Å²) in [5.74, 6) is -1.68. The van der Waals surface area contributed by atoms with Crippen molar-refractivity contribution in [2.75, 3.05) is 11.9 Å². The lowest BCUT2D eigenvalue weighted by Gasteiger charge is -2.30. The smallest absolute Gasteiger partial charge is 0.391 e. The molecule has 0 spiro atoms. The largest absolute Gasteiger partial charge is 0.492 e. The molecule has 11 heteroatoms. The van der Waals surface area contributed by atoms with Crippen LogP contribution in [0.25, 0.3) is 0 Å². The Labute approximate surface area is 248 Å². The van der Waals surface area contributed by atoms with Gasteiger partial charge in [0.25, 0.3) is 11.8 Å². The van der Waals surface area contributed by atoms with Gasteiger partial charge >= 0.3 is 6.18 Å². The molecule has 3 N–H and O–H groups in total. The molecule has 2 aliphatic carbocycles. The van der Waals surface area contributed by atoms with Gasteiger partial charge in [0.15, 0.2) is 0 Å². The molecule has 2 saturated carbocycles. The zero-order valence-corrected chi connectivity index (χ0v) is 24.8. The van der Waals surface area contributed by atoms with Gasteiger partial charge in [-0.1, -0.05) is 38.4 Å². The van der Waals surface area contributed by atoms with Crippen LogP contribution in [-0.4, -0.2) is 36.5 Å². The fraction of sp³-hybridized carbons (Fsp3) is 0.516. The highest BCUT2D eigenvalue weighted by Gasteiger charge is 2.41. The Morgan fingerprint density at radius 1 is 0.905 bits per heavy atom. The average molecular weight is 608 g/mol. The number of nitrogens with one attached hydrogen (secondary N) is 3. The molecule has 7 nitrogen and oxygen atoms in total. The molecule has 2 aromatic rings. The van der Waals surface area contributed by atoms with Gasteiger partial charge in [-0.2, -0.15) is 13.2 Å². The minimum atomic E-state index is -4.23. The summed E-state index contributed by atoms with van der Waals surface area (Å²) < 4.78 is 45.1. The number of ether oxygens (including phenoxy) is 1. The molecule has 4 rings (SSSR count). The molecule has 0 atom stereocenters. The Bertz CT molecular complexity index is 1310. The number of rotatable bonds is 9. The van der Waals surface area contributed by atoms with Gasteiger partial charge in [0.1, 0.15) is 5.75 Å². The van der Waals surface area contributed by atoms with Crippen molar-refractivity contribution >= 4 is 35.0 Å². The van der Waals surface area contributed by atoms with Crippen molar-refractivity contribution < 1.29 is 32.3 Å². The first-order valence-electron chi connectivity index (χ1n) is 14.2. The minimum Gasteiger partial charge on any atom is -0.492 e. The molecule has 0 radical (unpaired) electrons. The van der Waals surface area contributed by atoms with Crippen LogP contribution >= 0.6 is 11.6 Å². The third-order valence-corrected chi connectivity index (χ3v) is 7.92. The zero-order chi connectivity index (χ0) is 30.7. The summed E-state index contributed by atoms with van der Waals surface area (Å²) in [7, 11) is 0. The Morgan fingerprint density at radius 3 is 2.21 bits per heavy atom. The van der Waals surface area contributed by atoms with Gasteiger partial charge in [-0.05, 0) is 80.3 Å². The van der Waals surface area contributed by atoms with Crippen LogP contribution in [0.4, 0.5) is 18.9 Å². The fourth-order valence-electron chi connectivity index (χ4n) is 4.73. The van der Waals surface area contributed by atoms with Gasteiger partial charge in [-0.25, -0.2) is 0 Å². The number of hydrogen-bond acceptors (Lipinski definition) is 4. The first-order valence-corrected chi connectivity index (χ1v) is 14.6. The molecule has 0 aromatic heterocycles. The Kier molecular flexibility index (Phi) is 9.75. The highest BCUT2D eigenvalue weighted by molar-refractivity contribution is 6.34. The van der Waals surface area contributed by atoms with Crippen molar-refractivity contribution in [2.24, 2.45) is 17.3 Å². The van der Waals surface area contributed by atoms with Crippen LogP contribution in [-0.2, 0) is 11.3 Å². The number of benzene rings is 2. The molecule has 0 aliphatic heterocycles.